The van der Waals surface area contributed by atoms with E-state index in [0.717, 1.165) is 30.8 Å². The van der Waals surface area contributed by atoms with Crippen molar-refractivity contribution in [1.82, 2.24) is 0 Å². The normalized spacial score (nSPS) is 10.4. The lowest BCUT2D eigenvalue weighted by molar-refractivity contribution is 0.0813. The quantitative estimate of drug-likeness (QED) is 0.0877. The molecule has 0 amide bonds. The molecule has 0 bridgehead atoms. The third-order valence-electron chi connectivity index (χ3n) is 11.7. The Kier molecular flexibility index (Phi) is 31.4. The number of benzene rings is 8. The predicted molar refractivity (Wildman–Crippen MR) is 331 cm³/mol. The molecule has 0 aliphatic rings. The molecule has 0 unspecified atom stereocenters. The molecule has 74 heavy (non-hydrogen) atoms. The molecule has 1 nitrogen and oxygen atoms in total. The first-order chi connectivity index (χ1) is 35.7. The Labute approximate surface area is 451 Å². The second-order valence-electron chi connectivity index (χ2n) is 21.5. The van der Waals surface area contributed by atoms with Gasteiger partial charge in [0, 0.05) is 0 Å². The molecule has 0 radical (unpaired) electrons. The summed E-state index contributed by atoms with van der Waals surface area (Å²) in [6, 6.07) is 72.4. The first kappa shape index (κ1) is 62.0. The van der Waals surface area contributed by atoms with Gasteiger partial charge in [-0.3, -0.25) is 0 Å². The first-order valence-corrected chi connectivity index (χ1v) is 27.7. The minimum Gasteiger partial charge on any atom is -0.378 e. The van der Waals surface area contributed by atoms with Crippen LogP contribution in [-0.4, -0.2) is 12.7 Å². The summed E-state index contributed by atoms with van der Waals surface area (Å²) < 4.78 is 5.45. The number of fused-ring (bicyclic) bond motifs is 2. The molecular formula is C73H94O. The van der Waals surface area contributed by atoms with Crippen molar-refractivity contribution in [3.05, 3.63) is 251 Å². The summed E-state index contributed by atoms with van der Waals surface area (Å²) in [4.78, 5) is 0. The maximum Gasteiger partial charge on any atom is 0.0519 e. The third kappa shape index (κ3) is 30.0. The van der Waals surface area contributed by atoms with Gasteiger partial charge in [0.25, 0.3) is 0 Å². The molecule has 0 saturated carbocycles. The molecule has 392 valence electrons. The topological polar surface area (TPSA) is 9.23 Å². The van der Waals surface area contributed by atoms with Crippen molar-refractivity contribution >= 4 is 33.7 Å². The Morgan fingerprint density at radius 3 is 1.26 bits per heavy atom. The second-order valence-corrected chi connectivity index (χ2v) is 21.5. The average molecular weight is 988 g/mol. The number of ether oxygens (including phenoxy) is 1. The molecular weight excluding hydrogens is 893 g/mol. The fourth-order valence-electron chi connectivity index (χ4n) is 8.20. The minimum absolute atomic E-state index is 0.341. The van der Waals surface area contributed by atoms with Crippen LogP contribution >= 0.6 is 0 Å². The Morgan fingerprint density at radius 1 is 0.351 bits per heavy atom. The van der Waals surface area contributed by atoms with E-state index >= 15 is 0 Å². The molecule has 8 aromatic carbocycles. The van der Waals surface area contributed by atoms with Crippen LogP contribution in [0.3, 0.4) is 0 Å². The summed E-state index contributed by atoms with van der Waals surface area (Å²) in [5.74, 6) is 2.37. The number of hydrogen-bond acceptors (Lipinski definition) is 1. The van der Waals surface area contributed by atoms with E-state index < -0.39 is 0 Å². The van der Waals surface area contributed by atoms with Gasteiger partial charge in [-0.2, -0.15) is 0 Å². The van der Waals surface area contributed by atoms with Gasteiger partial charge >= 0.3 is 0 Å². The van der Waals surface area contributed by atoms with Gasteiger partial charge in [0.1, 0.15) is 0 Å². The highest BCUT2D eigenvalue weighted by Gasteiger charge is 2.00. The van der Waals surface area contributed by atoms with Crippen molar-refractivity contribution in [3.8, 4) is 0 Å². The average Bonchev–Trinajstić information content (AvgIpc) is 3.37. The van der Waals surface area contributed by atoms with Gasteiger partial charge in [0.2, 0.25) is 0 Å². The van der Waals surface area contributed by atoms with Crippen molar-refractivity contribution in [2.24, 2.45) is 17.8 Å². The van der Waals surface area contributed by atoms with Crippen molar-refractivity contribution in [2.75, 3.05) is 6.61 Å². The monoisotopic (exact) mass is 987 g/mol. The third-order valence-corrected chi connectivity index (χ3v) is 11.7. The standard InChI is InChI=1S/C14H16.C14H14.C14H22.C11H16O.C10H14.C10H12/c2*1-11(2)9-12-7-8-13-5-3-4-6-14(13)10-12;1-13(2)9-5-3-6-10-14-11-7-4-8-12-14;1-10(2)12-9-8-11-6-4-3-5-7-11;2*1-9(2)8-10-6-4-3-5-7-10/h3-8,10-11H,9H2,1-2H3;3-10H,1-2H3;4,7-8,11-13H,3,5-6,9-10H2,1-2H3;3-7,10H,8-9H2,1-2H3;3-7,9H,8H2,1-2H3;3-8H,1-2H3. The van der Waals surface area contributed by atoms with Gasteiger partial charge in [-0.25, -0.2) is 0 Å². The maximum absolute atomic E-state index is 5.45. The molecule has 0 heterocycles. The molecule has 0 atom stereocenters. The van der Waals surface area contributed by atoms with Crippen molar-refractivity contribution < 1.29 is 4.74 Å². The second kappa shape index (κ2) is 37.5. The molecule has 0 aliphatic heterocycles. The van der Waals surface area contributed by atoms with Crippen molar-refractivity contribution in [1.29, 1.82) is 0 Å². The molecule has 0 aromatic heterocycles. The zero-order valence-electron chi connectivity index (χ0n) is 47.9. The Bertz CT molecular complexity index is 2680. The lowest BCUT2D eigenvalue weighted by Gasteiger charge is -2.06. The van der Waals surface area contributed by atoms with E-state index in [4.69, 9.17) is 4.74 Å². The molecule has 8 rings (SSSR count). The van der Waals surface area contributed by atoms with Crippen LogP contribution in [0.2, 0.25) is 0 Å². The molecule has 0 spiro atoms. The summed E-state index contributed by atoms with van der Waals surface area (Å²) in [5, 5.41) is 5.30. The van der Waals surface area contributed by atoms with Gasteiger partial charge in [0.05, 0.1) is 12.7 Å². The number of rotatable bonds is 16. The minimum atomic E-state index is 0.341. The van der Waals surface area contributed by atoms with E-state index in [1.807, 2.05) is 12.1 Å². The lowest BCUT2D eigenvalue weighted by atomic mass is 10.00. The van der Waals surface area contributed by atoms with E-state index in [-0.39, 0.29) is 0 Å². The number of unbranched alkanes of at least 4 members (excludes halogenated alkanes) is 2. The fraction of sp³-hybridized carbons (Fsp3) is 0.342. The summed E-state index contributed by atoms with van der Waals surface area (Å²) >= 11 is 0. The summed E-state index contributed by atoms with van der Waals surface area (Å²) in [6.07, 6.45) is 14.8. The van der Waals surface area contributed by atoms with Gasteiger partial charge < -0.3 is 4.74 Å². The van der Waals surface area contributed by atoms with Crippen LogP contribution in [-0.2, 0) is 30.4 Å². The fourth-order valence-corrected chi connectivity index (χ4v) is 8.20. The van der Waals surface area contributed by atoms with Crippen LogP contribution in [0.4, 0.5) is 0 Å². The molecule has 1 heteroatoms. The first-order valence-electron chi connectivity index (χ1n) is 27.7. The molecule has 0 saturated heterocycles. The van der Waals surface area contributed by atoms with Crippen LogP contribution in [0, 0.1) is 17.8 Å². The summed E-state index contributed by atoms with van der Waals surface area (Å²) in [6.45, 7) is 27.0. The molecule has 0 N–H and O–H groups in total. The van der Waals surface area contributed by atoms with Gasteiger partial charge in [0.15, 0.2) is 0 Å². The Balaban J connectivity index is 0.000000235. The number of hydrogen-bond donors (Lipinski definition) is 0. The highest BCUT2D eigenvalue weighted by atomic mass is 16.5. The van der Waals surface area contributed by atoms with Gasteiger partial charge in [-0.1, -0.05) is 284 Å². The summed E-state index contributed by atoms with van der Waals surface area (Å²) in [5.41, 5.74) is 10.9. The maximum atomic E-state index is 5.45. The van der Waals surface area contributed by atoms with E-state index in [1.165, 1.54) is 111 Å². The van der Waals surface area contributed by atoms with Crippen molar-refractivity contribution in [3.63, 3.8) is 0 Å². The van der Waals surface area contributed by atoms with E-state index in [2.05, 4.69) is 289 Å². The highest BCUT2D eigenvalue weighted by molar-refractivity contribution is 5.85. The van der Waals surface area contributed by atoms with E-state index in [1.54, 1.807) is 0 Å². The lowest BCUT2D eigenvalue weighted by Crippen LogP contribution is -2.05. The highest BCUT2D eigenvalue weighted by Crippen LogP contribution is 2.19. The van der Waals surface area contributed by atoms with Crippen LogP contribution < -0.4 is 0 Å². The zero-order valence-corrected chi connectivity index (χ0v) is 47.9. The van der Waals surface area contributed by atoms with Crippen LogP contribution in [0.5, 0.6) is 0 Å². The van der Waals surface area contributed by atoms with Crippen molar-refractivity contribution in [2.45, 2.75) is 141 Å². The smallest absolute Gasteiger partial charge is 0.0519 e. The Morgan fingerprint density at radius 2 is 0.770 bits per heavy atom. The SMILES string of the molecule is CC(C)=Cc1ccc2ccccc2c1.CC(C)=Cc1ccccc1.CC(C)CCCCCc1ccccc1.CC(C)Cc1ccc2ccccc2c1.CC(C)Cc1ccccc1.CC(C)OCCc1ccccc1. The number of aryl methyl sites for hydroxylation is 1. The largest absolute Gasteiger partial charge is 0.378 e. The van der Waals surface area contributed by atoms with E-state index in [0.29, 0.717) is 6.10 Å². The van der Waals surface area contributed by atoms with Crippen LogP contribution in [0.1, 0.15) is 142 Å². The van der Waals surface area contributed by atoms with E-state index in [9.17, 15) is 0 Å². The van der Waals surface area contributed by atoms with Crippen LogP contribution in [0.25, 0.3) is 33.7 Å². The molecule has 8 aromatic rings. The van der Waals surface area contributed by atoms with Gasteiger partial charge in [-0.15, -0.1) is 0 Å². The number of allylic oxidation sites excluding steroid dienone is 2. The molecule has 0 fully saturated rings. The van der Waals surface area contributed by atoms with Gasteiger partial charge in [-0.05, 0) is 152 Å². The Hall–Kier alpha value is -6.28. The predicted octanol–water partition coefficient (Wildman–Crippen LogP) is 21.4. The zero-order chi connectivity index (χ0) is 53.8. The van der Waals surface area contributed by atoms with Crippen LogP contribution in [0.15, 0.2) is 217 Å². The molecule has 0 aliphatic carbocycles. The summed E-state index contributed by atoms with van der Waals surface area (Å²) in [7, 11) is 0.